The van der Waals surface area contributed by atoms with Crippen molar-refractivity contribution in [2.75, 3.05) is 12.4 Å². The Bertz CT molecular complexity index is 575. The Morgan fingerprint density at radius 3 is 2.42 bits per heavy atom. The summed E-state index contributed by atoms with van der Waals surface area (Å²) >= 11 is 1.44. The highest BCUT2D eigenvalue weighted by atomic mass is 32.2. The van der Waals surface area contributed by atoms with Gasteiger partial charge in [-0.3, -0.25) is 0 Å². The molecule has 0 amide bonds. The Labute approximate surface area is 117 Å². The molecule has 2 heterocycles. The van der Waals surface area contributed by atoms with Gasteiger partial charge in [0.2, 0.25) is 0 Å². The van der Waals surface area contributed by atoms with Crippen LogP contribution in [0.1, 0.15) is 29.8 Å². The van der Waals surface area contributed by atoms with E-state index in [1.807, 2.05) is 34.7 Å². The van der Waals surface area contributed by atoms with Gasteiger partial charge in [-0.2, -0.15) is 0 Å². The van der Waals surface area contributed by atoms with E-state index in [1.54, 1.807) is 0 Å². The predicted molar refractivity (Wildman–Crippen MR) is 75.8 cm³/mol. The summed E-state index contributed by atoms with van der Waals surface area (Å²) in [5.74, 6) is 2.52. The minimum Gasteiger partial charge on any atom is -0.436 e. The van der Waals surface area contributed by atoms with Crippen molar-refractivity contribution in [2.24, 2.45) is 0 Å². The van der Waals surface area contributed by atoms with Crippen molar-refractivity contribution in [1.29, 1.82) is 0 Å². The first kappa shape index (κ1) is 13.9. The third-order valence-electron chi connectivity index (χ3n) is 2.89. The minimum absolute atomic E-state index is 0.626. The number of nitrogens with one attached hydrogen (secondary N) is 1. The molecule has 2 aromatic heterocycles. The monoisotopic (exact) mass is 278 g/mol. The van der Waals surface area contributed by atoms with Gasteiger partial charge in [0, 0.05) is 19.0 Å². The van der Waals surface area contributed by atoms with E-state index in [4.69, 9.17) is 4.42 Å². The molecule has 0 bridgehead atoms. The van der Waals surface area contributed by atoms with Crippen LogP contribution in [0.4, 0.5) is 5.82 Å². The number of rotatable bonds is 4. The SMILES string of the molecule is CCc1nc(NC)c(C)c(Sc2nc(C)c(C)o2)n1. The second-order valence-corrected chi connectivity index (χ2v) is 5.19. The first-order chi connectivity index (χ1) is 9.05. The van der Waals surface area contributed by atoms with Gasteiger partial charge in [0.05, 0.1) is 5.69 Å². The van der Waals surface area contributed by atoms with E-state index >= 15 is 0 Å². The van der Waals surface area contributed by atoms with Gasteiger partial charge in [-0.25, -0.2) is 15.0 Å². The van der Waals surface area contributed by atoms with Gasteiger partial charge in [0.1, 0.15) is 22.4 Å². The smallest absolute Gasteiger partial charge is 0.262 e. The maximum absolute atomic E-state index is 5.59. The average molecular weight is 278 g/mol. The third-order valence-corrected chi connectivity index (χ3v) is 3.83. The summed E-state index contributed by atoms with van der Waals surface area (Å²) in [6, 6.07) is 0. The van der Waals surface area contributed by atoms with Crippen LogP contribution in [0.2, 0.25) is 0 Å². The fraction of sp³-hybridized carbons (Fsp3) is 0.462. The van der Waals surface area contributed by atoms with Crippen LogP contribution in [0.5, 0.6) is 0 Å². The van der Waals surface area contributed by atoms with E-state index in [0.717, 1.165) is 40.1 Å². The van der Waals surface area contributed by atoms with E-state index in [2.05, 4.69) is 20.3 Å². The Hall–Kier alpha value is -1.56. The molecule has 0 unspecified atom stereocenters. The highest BCUT2D eigenvalue weighted by Gasteiger charge is 2.14. The molecule has 1 N–H and O–H groups in total. The quantitative estimate of drug-likeness (QED) is 0.867. The molecule has 2 rings (SSSR count). The fourth-order valence-corrected chi connectivity index (χ4v) is 2.53. The van der Waals surface area contributed by atoms with Crippen LogP contribution in [0.15, 0.2) is 14.7 Å². The Kier molecular flexibility index (Phi) is 4.09. The molecule has 0 saturated carbocycles. The van der Waals surface area contributed by atoms with E-state index in [9.17, 15) is 0 Å². The van der Waals surface area contributed by atoms with Crippen molar-refractivity contribution in [1.82, 2.24) is 15.0 Å². The molecule has 0 aliphatic heterocycles. The summed E-state index contributed by atoms with van der Waals surface area (Å²) < 4.78 is 5.59. The molecular weight excluding hydrogens is 260 g/mol. The highest BCUT2D eigenvalue weighted by Crippen LogP contribution is 2.31. The lowest BCUT2D eigenvalue weighted by atomic mass is 10.3. The summed E-state index contributed by atoms with van der Waals surface area (Å²) in [5, 5.41) is 4.61. The second kappa shape index (κ2) is 5.61. The molecule has 0 aliphatic rings. The van der Waals surface area contributed by atoms with E-state index in [0.29, 0.717) is 5.22 Å². The van der Waals surface area contributed by atoms with Crippen LogP contribution < -0.4 is 5.32 Å². The average Bonchev–Trinajstić information content (AvgIpc) is 2.70. The van der Waals surface area contributed by atoms with Gasteiger partial charge in [0.15, 0.2) is 0 Å². The first-order valence-electron chi connectivity index (χ1n) is 6.22. The predicted octanol–water partition coefficient (Wildman–Crippen LogP) is 3.15. The van der Waals surface area contributed by atoms with E-state index in [-0.39, 0.29) is 0 Å². The van der Waals surface area contributed by atoms with Gasteiger partial charge in [-0.05, 0) is 32.5 Å². The van der Waals surface area contributed by atoms with Crippen molar-refractivity contribution >= 4 is 17.6 Å². The maximum Gasteiger partial charge on any atom is 0.262 e. The zero-order valence-electron chi connectivity index (χ0n) is 11.9. The maximum atomic E-state index is 5.59. The van der Waals surface area contributed by atoms with Gasteiger partial charge in [-0.1, -0.05) is 6.92 Å². The van der Waals surface area contributed by atoms with Crippen molar-refractivity contribution in [3.63, 3.8) is 0 Å². The third kappa shape index (κ3) is 2.89. The molecular formula is C13H18N4OS. The van der Waals surface area contributed by atoms with Crippen molar-refractivity contribution in [3.8, 4) is 0 Å². The zero-order chi connectivity index (χ0) is 14.0. The molecule has 0 fully saturated rings. The standard InChI is InChI=1S/C13H18N4OS/c1-6-10-16-11(14-5)7(2)12(17-10)19-13-15-8(3)9(4)18-13/h6H2,1-5H3,(H,14,16,17). The molecule has 0 saturated heterocycles. The number of nitrogens with zero attached hydrogens (tertiary/aromatic N) is 3. The minimum atomic E-state index is 0.626. The molecule has 6 heteroatoms. The Morgan fingerprint density at radius 2 is 1.89 bits per heavy atom. The molecule has 0 aliphatic carbocycles. The molecule has 2 aromatic rings. The summed E-state index contributed by atoms with van der Waals surface area (Å²) in [7, 11) is 1.86. The summed E-state index contributed by atoms with van der Waals surface area (Å²) in [6.45, 7) is 7.89. The van der Waals surface area contributed by atoms with Crippen LogP contribution in [-0.4, -0.2) is 22.0 Å². The number of aromatic nitrogens is 3. The van der Waals surface area contributed by atoms with Gasteiger partial charge < -0.3 is 9.73 Å². The molecule has 19 heavy (non-hydrogen) atoms. The van der Waals surface area contributed by atoms with Gasteiger partial charge >= 0.3 is 0 Å². The molecule has 0 aromatic carbocycles. The molecule has 5 nitrogen and oxygen atoms in total. The van der Waals surface area contributed by atoms with Crippen molar-refractivity contribution < 1.29 is 4.42 Å². The largest absolute Gasteiger partial charge is 0.436 e. The van der Waals surface area contributed by atoms with E-state index < -0.39 is 0 Å². The zero-order valence-corrected chi connectivity index (χ0v) is 12.7. The normalized spacial score (nSPS) is 10.8. The van der Waals surface area contributed by atoms with Crippen molar-refractivity contribution in [2.45, 2.75) is 44.4 Å². The van der Waals surface area contributed by atoms with Crippen LogP contribution >= 0.6 is 11.8 Å². The van der Waals surface area contributed by atoms with Crippen LogP contribution in [0.3, 0.4) is 0 Å². The lowest BCUT2D eigenvalue weighted by Crippen LogP contribution is -2.04. The highest BCUT2D eigenvalue weighted by molar-refractivity contribution is 7.99. The lowest BCUT2D eigenvalue weighted by molar-refractivity contribution is 0.431. The van der Waals surface area contributed by atoms with E-state index in [1.165, 1.54) is 11.8 Å². The van der Waals surface area contributed by atoms with Crippen molar-refractivity contribution in [3.05, 3.63) is 22.8 Å². The van der Waals surface area contributed by atoms with Gasteiger partial charge in [0.25, 0.3) is 5.22 Å². The second-order valence-electron chi connectivity index (χ2n) is 4.25. The lowest BCUT2D eigenvalue weighted by Gasteiger charge is -2.09. The Balaban J connectivity index is 2.38. The molecule has 0 spiro atoms. The number of hydrogen-bond acceptors (Lipinski definition) is 6. The van der Waals surface area contributed by atoms with Gasteiger partial charge in [-0.15, -0.1) is 0 Å². The summed E-state index contributed by atoms with van der Waals surface area (Å²) in [4.78, 5) is 13.4. The number of aryl methyl sites for hydroxylation is 3. The number of anilines is 1. The number of oxazole rings is 1. The van der Waals surface area contributed by atoms with Crippen LogP contribution in [0, 0.1) is 20.8 Å². The van der Waals surface area contributed by atoms with Crippen LogP contribution in [0.25, 0.3) is 0 Å². The first-order valence-corrected chi connectivity index (χ1v) is 7.04. The fourth-order valence-electron chi connectivity index (χ4n) is 1.61. The number of hydrogen-bond donors (Lipinski definition) is 1. The molecule has 0 atom stereocenters. The summed E-state index contributed by atoms with van der Waals surface area (Å²) in [6.07, 6.45) is 0.798. The topological polar surface area (TPSA) is 63.8 Å². The molecule has 0 radical (unpaired) electrons. The molecule has 102 valence electrons. The Morgan fingerprint density at radius 1 is 1.16 bits per heavy atom. The summed E-state index contributed by atoms with van der Waals surface area (Å²) in [5.41, 5.74) is 1.93. The van der Waals surface area contributed by atoms with Crippen LogP contribution in [-0.2, 0) is 6.42 Å².